The van der Waals surface area contributed by atoms with Crippen LogP contribution < -0.4 is 9.47 Å². The van der Waals surface area contributed by atoms with Crippen LogP contribution in [0.15, 0.2) is 152 Å². The number of fused-ring (bicyclic) bond motifs is 9. The molecule has 0 saturated carbocycles. The van der Waals surface area contributed by atoms with E-state index in [-0.39, 0.29) is 10.8 Å². The third-order valence-corrected chi connectivity index (χ3v) is 12.0. The molecule has 0 saturated heterocycles. The van der Waals surface area contributed by atoms with Crippen molar-refractivity contribution in [3.63, 3.8) is 0 Å². The summed E-state index contributed by atoms with van der Waals surface area (Å²) < 4.78 is 13.4. The van der Waals surface area contributed by atoms with Crippen molar-refractivity contribution in [2.24, 2.45) is 0 Å². The van der Waals surface area contributed by atoms with Crippen molar-refractivity contribution in [3.05, 3.63) is 174 Å². The minimum absolute atomic E-state index is 0.144. The Hall–Kier alpha value is -6.85. The lowest BCUT2D eigenvalue weighted by Crippen LogP contribution is -2.15. The summed E-state index contributed by atoms with van der Waals surface area (Å²) in [6.45, 7) is 9.14. The molecule has 2 aliphatic carbocycles. The molecule has 5 heteroatoms. The highest BCUT2D eigenvalue weighted by molar-refractivity contribution is 5.89. The van der Waals surface area contributed by atoms with Crippen molar-refractivity contribution >= 4 is 0 Å². The summed E-state index contributed by atoms with van der Waals surface area (Å²) in [5.74, 6) is 4.69. The first-order chi connectivity index (χ1) is 27.3. The van der Waals surface area contributed by atoms with E-state index in [9.17, 15) is 0 Å². The van der Waals surface area contributed by atoms with Crippen LogP contribution in [0.2, 0.25) is 0 Å². The van der Waals surface area contributed by atoms with Gasteiger partial charge >= 0.3 is 0 Å². The fourth-order valence-corrected chi connectivity index (χ4v) is 9.11. The summed E-state index contributed by atoms with van der Waals surface area (Å²) >= 11 is 0. The normalized spacial score (nSPS) is 14.6. The highest BCUT2D eigenvalue weighted by Gasteiger charge is 2.40. The van der Waals surface area contributed by atoms with Crippen LogP contribution in [-0.2, 0) is 10.8 Å². The van der Waals surface area contributed by atoms with E-state index in [1.165, 1.54) is 38.9 Å². The SMILES string of the molecule is CC1(C)c2ccccc2-c2ccc(-c3nc(-c4ccccc4)nc(-c4ccccc4-c4ccc5c(c4)Oc4c(ccc6c4-c4ccccc4C6(C)C)O5)n3)cc21. The van der Waals surface area contributed by atoms with E-state index in [1.807, 2.05) is 48.5 Å². The molecule has 0 atom stereocenters. The van der Waals surface area contributed by atoms with Gasteiger partial charge in [-0.05, 0) is 74.3 Å². The maximum atomic E-state index is 6.84. The molecule has 7 aromatic carbocycles. The number of aromatic nitrogens is 3. The van der Waals surface area contributed by atoms with E-state index in [4.69, 9.17) is 24.4 Å². The van der Waals surface area contributed by atoms with E-state index in [0.717, 1.165) is 44.9 Å². The molecule has 0 fully saturated rings. The number of hydrogen-bond donors (Lipinski definition) is 0. The Morgan fingerprint density at radius 1 is 0.357 bits per heavy atom. The van der Waals surface area contributed by atoms with Gasteiger partial charge in [0.15, 0.2) is 40.5 Å². The third-order valence-electron chi connectivity index (χ3n) is 12.0. The van der Waals surface area contributed by atoms with Crippen LogP contribution in [0.1, 0.15) is 49.9 Å². The molecule has 5 nitrogen and oxygen atoms in total. The molecule has 0 spiro atoms. The van der Waals surface area contributed by atoms with Gasteiger partial charge in [0.1, 0.15) is 0 Å². The van der Waals surface area contributed by atoms with Crippen molar-refractivity contribution in [2.45, 2.75) is 38.5 Å². The van der Waals surface area contributed by atoms with Crippen LogP contribution in [0.3, 0.4) is 0 Å². The lowest BCUT2D eigenvalue weighted by Gasteiger charge is -2.25. The molecule has 0 bridgehead atoms. The maximum absolute atomic E-state index is 6.84. The Morgan fingerprint density at radius 2 is 0.929 bits per heavy atom. The van der Waals surface area contributed by atoms with Crippen LogP contribution in [-0.4, -0.2) is 15.0 Å². The van der Waals surface area contributed by atoms with Crippen molar-refractivity contribution in [1.82, 2.24) is 15.0 Å². The van der Waals surface area contributed by atoms with Crippen molar-refractivity contribution in [3.8, 4) is 90.5 Å². The first-order valence-corrected chi connectivity index (χ1v) is 19.2. The van der Waals surface area contributed by atoms with Gasteiger partial charge in [-0.3, -0.25) is 0 Å². The summed E-state index contributed by atoms with van der Waals surface area (Å²) in [7, 11) is 0. The zero-order chi connectivity index (χ0) is 37.8. The minimum Gasteiger partial charge on any atom is -0.449 e. The standard InChI is InChI=1S/C51H37N3O2/c1-50(2)39-21-13-11-19-37(39)45-40(50)25-27-43-46(45)56-44-29-31(23-26-42(44)55-43)33-16-8-9-18-36(33)49-53-47(30-14-6-5-7-15-30)52-48(54-49)32-22-24-35-34-17-10-12-20-38(34)51(3,4)41(35)28-32/h5-29H,1-4H3. The Bertz CT molecular complexity index is 2930. The van der Waals surface area contributed by atoms with Gasteiger partial charge in [-0.15, -0.1) is 0 Å². The number of hydrogen-bond acceptors (Lipinski definition) is 5. The lowest BCUT2D eigenvalue weighted by molar-refractivity contribution is 0.360. The Kier molecular flexibility index (Phi) is 6.88. The average Bonchev–Trinajstić information content (AvgIpc) is 3.62. The fraction of sp³-hybridized carbons (Fsp3) is 0.118. The second-order valence-electron chi connectivity index (χ2n) is 16.0. The molecule has 1 aliphatic heterocycles. The molecule has 0 amide bonds. The fourth-order valence-electron chi connectivity index (χ4n) is 9.11. The molecular formula is C51H37N3O2. The quantitative estimate of drug-likeness (QED) is 0.181. The number of ether oxygens (including phenoxy) is 2. The van der Waals surface area contributed by atoms with Crippen molar-refractivity contribution < 1.29 is 9.47 Å². The summed E-state index contributed by atoms with van der Waals surface area (Å²) in [6.07, 6.45) is 0. The Balaban J connectivity index is 1.03. The topological polar surface area (TPSA) is 57.1 Å². The molecule has 2 heterocycles. The molecular weight excluding hydrogens is 687 g/mol. The van der Waals surface area contributed by atoms with E-state index in [2.05, 4.69) is 131 Å². The van der Waals surface area contributed by atoms with E-state index < -0.39 is 0 Å². The van der Waals surface area contributed by atoms with Crippen LogP contribution in [0.4, 0.5) is 0 Å². The molecule has 1 aromatic heterocycles. The van der Waals surface area contributed by atoms with Gasteiger partial charge < -0.3 is 9.47 Å². The van der Waals surface area contributed by atoms with E-state index in [1.54, 1.807) is 0 Å². The second-order valence-corrected chi connectivity index (χ2v) is 16.0. The maximum Gasteiger partial charge on any atom is 0.178 e. The Morgan fingerprint density at radius 3 is 1.71 bits per heavy atom. The van der Waals surface area contributed by atoms with Crippen LogP contribution in [0.5, 0.6) is 23.0 Å². The first-order valence-electron chi connectivity index (χ1n) is 19.2. The van der Waals surface area contributed by atoms with E-state index in [0.29, 0.717) is 29.0 Å². The van der Waals surface area contributed by atoms with Gasteiger partial charge in [-0.1, -0.05) is 155 Å². The van der Waals surface area contributed by atoms with Crippen molar-refractivity contribution in [1.29, 1.82) is 0 Å². The van der Waals surface area contributed by atoms with Gasteiger partial charge in [0.25, 0.3) is 0 Å². The van der Waals surface area contributed by atoms with Gasteiger partial charge in [0.2, 0.25) is 0 Å². The van der Waals surface area contributed by atoms with Crippen LogP contribution >= 0.6 is 0 Å². The first kappa shape index (κ1) is 32.6. The largest absolute Gasteiger partial charge is 0.449 e. The molecule has 3 aliphatic rings. The molecule has 0 radical (unpaired) electrons. The van der Waals surface area contributed by atoms with Crippen LogP contribution in [0.25, 0.3) is 67.5 Å². The van der Waals surface area contributed by atoms with Gasteiger partial charge in [-0.25, -0.2) is 15.0 Å². The number of rotatable bonds is 4. The number of nitrogens with zero attached hydrogens (tertiary/aromatic N) is 3. The average molecular weight is 724 g/mol. The highest BCUT2D eigenvalue weighted by atomic mass is 16.6. The zero-order valence-corrected chi connectivity index (χ0v) is 31.6. The summed E-state index contributed by atoms with van der Waals surface area (Å²) in [4.78, 5) is 15.5. The summed E-state index contributed by atoms with van der Waals surface area (Å²) in [6, 6.07) is 52.7. The lowest BCUT2D eigenvalue weighted by atomic mass is 9.82. The zero-order valence-electron chi connectivity index (χ0n) is 31.6. The van der Waals surface area contributed by atoms with Gasteiger partial charge in [0.05, 0.1) is 0 Å². The van der Waals surface area contributed by atoms with Gasteiger partial charge in [0, 0.05) is 33.1 Å². The summed E-state index contributed by atoms with van der Waals surface area (Å²) in [5, 5.41) is 0. The second kappa shape index (κ2) is 11.8. The van der Waals surface area contributed by atoms with Gasteiger partial charge in [-0.2, -0.15) is 0 Å². The monoisotopic (exact) mass is 723 g/mol. The molecule has 0 N–H and O–H groups in total. The minimum atomic E-state index is -0.148. The smallest absolute Gasteiger partial charge is 0.178 e. The van der Waals surface area contributed by atoms with Crippen molar-refractivity contribution in [2.75, 3.05) is 0 Å². The molecule has 8 aromatic rings. The predicted molar refractivity (Wildman–Crippen MR) is 223 cm³/mol. The predicted octanol–water partition coefficient (Wildman–Crippen LogP) is 13.1. The molecule has 11 rings (SSSR count). The van der Waals surface area contributed by atoms with E-state index >= 15 is 0 Å². The number of benzene rings is 7. The molecule has 56 heavy (non-hydrogen) atoms. The highest BCUT2D eigenvalue weighted by Crippen LogP contribution is 2.58. The molecule has 268 valence electrons. The Labute approximate surface area is 326 Å². The van der Waals surface area contributed by atoms with Crippen LogP contribution in [0, 0.1) is 0 Å². The molecule has 0 unspecified atom stereocenters. The summed E-state index contributed by atoms with van der Waals surface area (Å²) in [5.41, 5.74) is 14.4. The third kappa shape index (κ3) is 4.77.